The Balaban J connectivity index is 3.69. The maximum atomic E-state index is 11.1. The fraction of sp³-hybridized carbons (Fsp3) is 0.800. The van der Waals surface area contributed by atoms with Crippen molar-refractivity contribution in [2.75, 3.05) is 19.8 Å². The molecule has 0 rings (SSSR count). The van der Waals surface area contributed by atoms with Crippen LogP contribution in [0, 0.1) is 5.92 Å². The number of amides is 1. The summed E-state index contributed by atoms with van der Waals surface area (Å²) in [5.74, 6) is -1.03. The molecule has 0 aromatic rings. The zero-order chi connectivity index (χ0) is 11.7. The first kappa shape index (κ1) is 13.9. The van der Waals surface area contributed by atoms with Gasteiger partial charge in [-0.05, 0) is 12.8 Å². The molecule has 88 valence electrons. The molecular formula is C10H19NO4. The molecule has 0 saturated carbocycles. The molecule has 0 spiro atoms. The smallest absolute Gasteiger partial charge is 0.303 e. The molecule has 0 saturated heterocycles. The van der Waals surface area contributed by atoms with Crippen molar-refractivity contribution in [2.24, 2.45) is 5.92 Å². The highest BCUT2D eigenvalue weighted by molar-refractivity contribution is 5.77. The fourth-order valence-corrected chi connectivity index (χ4v) is 1.11. The average Bonchev–Trinajstić information content (AvgIpc) is 2.20. The van der Waals surface area contributed by atoms with Crippen molar-refractivity contribution in [1.29, 1.82) is 0 Å². The summed E-state index contributed by atoms with van der Waals surface area (Å²) in [5, 5.41) is 11.2. The second kappa shape index (κ2) is 8.23. The molecule has 1 amide bonds. The van der Waals surface area contributed by atoms with Crippen molar-refractivity contribution < 1.29 is 19.4 Å². The van der Waals surface area contributed by atoms with Gasteiger partial charge in [0.1, 0.15) is 6.61 Å². The van der Waals surface area contributed by atoms with Gasteiger partial charge < -0.3 is 15.2 Å². The Hall–Kier alpha value is -1.10. The molecule has 5 heteroatoms. The van der Waals surface area contributed by atoms with E-state index in [0.717, 1.165) is 6.42 Å². The molecule has 0 radical (unpaired) electrons. The van der Waals surface area contributed by atoms with Gasteiger partial charge in [-0.25, -0.2) is 0 Å². The van der Waals surface area contributed by atoms with Crippen molar-refractivity contribution in [1.82, 2.24) is 5.32 Å². The van der Waals surface area contributed by atoms with Crippen LogP contribution in [0.4, 0.5) is 0 Å². The van der Waals surface area contributed by atoms with Gasteiger partial charge >= 0.3 is 5.97 Å². The number of nitrogens with one attached hydrogen (secondary N) is 1. The molecule has 0 aliphatic rings. The lowest BCUT2D eigenvalue weighted by molar-refractivity contribution is -0.138. The second-order valence-electron chi connectivity index (χ2n) is 3.31. The highest BCUT2D eigenvalue weighted by atomic mass is 16.5. The van der Waals surface area contributed by atoms with Crippen LogP contribution in [0.25, 0.3) is 0 Å². The summed E-state index contributed by atoms with van der Waals surface area (Å²) < 4.78 is 4.91. The highest BCUT2D eigenvalue weighted by Gasteiger charge is 2.12. The Morgan fingerprint density at radius 1 is 1.40 bits per heavy atom. The molecule has 0 aromatic heterocycles. The summed E-state index contributed by atoms with van der Waals surface area (Å²) in [4.78, 5) is 21.6. The zero-order valence-electron chi connectivity index (χ0n) is 9.28. The average molecular weight is 217 g/mol. The summed E-state index contributed by atoms with van der Waals surface area (Å²) >= 11 is 0. The van der Waals surface area contributed by atoms with Crippen LogP contribution in [-0.2, 0) is 14.3 Å². The van der Waals surface area contributed by atoms with Gasteiger partial charge in [0.15, 0.2) is 0 Å². The van der Waals surface area contributed by atoms with Gasteiger partial charge in [0.05, 0.1) is 0 Å². The number of hydrogen-bond acceptors (Lipinski definition) is 3. The SMILES string of the molecule is CCOCC(=O)NCC(CC)CC(=O)O. The maximum Gasteiger partial charge on any atom is 0.303 e. The van der Waals surface area contributed by atoms with Crippen molar-refractivity contribution in [3.8, 4) is 0 Å². The van der Waals surface area contributed by atoms with E-state index in [0.29, 0.717) is 13.2 Å². The van der Waals surface area contributed by atoms with E-state index in [1.54, 1.807) is 0 Å². The van der Waals surface area contributed by atoms with Crippen molar-refractivity contribution in [3.63, 3.8) is 0 Å². The number of carbonyl (C=O) groups is 2. The normalized spacial score (nSPS) is 12.1. The van der Waals surface area contributed by atoms with Gasteiger partial charge in [-0.1, -0.05) is 13.3 Å². The van der Waals surface area contributed by atoms with E-state index >= 15 is 0 Å². The van der Waals surface area contributed by atoms with Crippen LogP contribution >= 0.6 is 0 Å². The number of carboxylic acid groups (broad SMARTS) is 1. The van der Waals surface area contributed by atoms with E-state index in [-0.39, 0.29) is 24.9 Å². The van der Waals surface area contributed by atoms with Crippen molar-refractivity contribution in [3.05, 3.63) is 0 Å². The van der Waals surface area contributed by atoms with E-state index in [1.165, 1.54) is 0 Å². The lowest BCUT2D eigenvalue weighted by Gasteiger charge is -2.13. The standard InChI is InChI=1S/C10H19NO4/c1-3-8(5-10(13)14)6-11-9(12)7-15-4-2/h8H,3-7H2,1-2H3,(H,11,12)(H,13,14). The van der Waals surface area contributed by atoms with Crippen LogP contribution in [0.5, 0.6) is 0 Å². The minimum Gasteiger partial charge on any atom is -0.481 e. The first-order chi connectivity index (χ1) is 7.10. The maximum absolute atomic E-state index is 11.1. The number of rotatable bonds is 8. The zero-order valence-corrected chi connectivity index (χ0v) is 9.28. The number of hydrogen-bond donors (Lipinski definition) is 2. The fourth-order valence-electron chi connectivity index (χ4n) is 1.11. The summed E-state index contributed by atoms with van der Waals surface area (Å²) in [5.41, 5.74) is 0. The summed E-state index contributed by atoms with van der Waals surface area (Å²) in [6.07, 6.45) is 0.826. The van der Waals surface area contributed by atoms with E-state index < -0.39 is 5.97 Å². The largest absolute Gasteiger partial charge is 0.481 e. The van der Waals surface area contributed by atoms with Crippen LogP contribution in [0.2, 0.25) is 0 Å². The number of aliphatic carboxylic acids is 1. The minimum absolute atomic E-state index is 0.00641. The van der Waals surface area contributed by atoms with Crippen LogP contribution in [0.15, 0.2) is 0 Å². The summed E-state index contributed by atoms with van der Waals surface area (Å²) in [6, 6.07) is 0. The predicted octanol–water partition coefficient (Wildman–Crippen LogP) is 0.640. The third-order valence-corrected chi connectivity index (χ3v) is 2.07. The molecule has 0 bridgehead atoms. The van der Waals surface area contributed by atoms with Gasteiger partial charge in [0.25, 0.3) is 0 Å². The molecule has 1 unspecified atom stereocenters. The van der Waals surface area contributed by atoms with Crippen LogP contribution in [0.3, 0.4) is 0 Å². The number of carboxylic acids is 1. The topological polar surface area (TPSA) is 75.6 Å². The lowest BCUT2D eigenvalue weighted by Crippen LogP contribution is -2.32. The van der Waals surface area contributed by atoms with Crippen LogP contribution in [-0.4, -0.2) is 36.7 Å². The Bertz CT molecular complexity index is 206. The first-order valence-corrected chi connectivity index (χ1v) is 5.16. The second-order valence-corrected chi connectivity index (χ2v) is 3.31. The van der Waals surface area contributed by atoms with Crippen LogP contribution in [0.1, 0.15) is 26.7 Å². The number of carbonyl (C=O) groups excluding carboxylic acids is 1. The summed E-state index contributed by atoms with van der Waals surface area (Å²) in [6.45, 7) is 4.66. The van der Waals surface area contributed by atoms with E-state index in [1.807, 2.05) is 13.8 Å². The Labute approximate surface area is 89.8 Å². The molecule has 2 N–H and O–H groups in total. The Kier molecular flexibility index (Phi) is 7.62. The monoisotopic (exact) mass is 217 g/mol. The third-order valence-electron chi connectivity index (χ3n) is 2.07. The summed E-state index contributed by atoms with van der Waals surface area (Å²) in [7, 11) is 0. The third kappa shape index (κ3) is 7.93. The Morgan fingerprint density at radius 3 is 2.53 bits per heavy atom. The molecule has 1 atom stereocenters. The van der Waals surface area contributed by atoms with Crippen LogP contribution < -0.4 is 5.32 Å². The van der Waals surface area contributed by atoms with Gasteiger partial charge in [-0.2, -0.15) is 0 Å². The quantitative estimate of drug-likeness (QED) is 0.625. The van der Waals surface area contributed by atoms with Crippen molar-refractivity contribution >= 4 is 11.9 Å². The molecule has 0 aliphatic carbocycles. The number of ether oxygens (including phenoxy) is 1. The first-order valence-electron chi connectivity index (χ1n) is 5.16. The van der Waals surface area contributed by atoms with Crippen molar-refractivity contribution in [2.45, 2.75) is 26.7 Å². The van der Waals surface area contributed by atoms with E-state index in [9.17, 15) is 9.59 Å². The molecule has 0 fully saturated rings. The van der Waals surface area contributed by atoms with E-state index in [4.69, 9.17) is 9.84 Å². The molecule has 5 nitrogen and oxygen atoms in total. The van der Waals surface area contributed by atoms with Gasteiger partial charge in [-0.3, -0.25) is 9.59 Å². The molecular weight excluding hydrogens is 198 g/mol. The minimum atomic E-state index is -0.832. The molecule has 0 aromatic carbocycles. The lowest BCUT2D eigenvalue weighted by atomic mass is 10.0. The van der Waals surface area contributed by atoms with Gasteiger partial charge in [-0.15, -0.1) is 0 Å². The predicted molar refractivity (Wildman–Crippen MR) is 55.5 cm³/mol. The molecule has 0 heterocycles. The molecule has 15 heavy (non-hydrogen) atoms. The highest BCUT2D eigenvalue weighted by Crippen LogP contribution is 2.06. The Morgan fingerprint density at radius 2 is 2.07 bits per heavy atom. The van der Waals surface area contributed by atoms with E-state index in [2.05, 4.69) is 5.32 Å². The van der Waals surface area contributed by atoms with Gasteiger partial charge in [0, 0.05) is 19.6 Å². The van der Waals surface area contributed by atoms with Gasteiger partial charge in [0.2, 0.25) is 5.91 Å². The molecule has 0 aliphatic heterocycles.